The minimum Gasteiger partial charge on any atom is -0.347 e. The van der Waals surface area contributed by atoms with Crippen molar-refractivity contribution in [2.24, 2.45) is 5.92 Å². The van der Waals surface area contributed by atoms with Crippen molar-refractivity contribution in [2.45, 2.75) is 44.9 Å². The van der Waals surface area contributed by atoms with E-state index in [2.05, 4.69) is 22.8 Å². The van der Waals surface area contributed by atoms with E-state index in [4.69, 9.17) is 0 Å². The van der Waals surface area contributed by atoms with Crippen LogP contribution >= 0.6 is 0 Å². The monoisotopic (exact) mass is 286 g/mol. The molecular weight excluding hydrogens is 264 g/mol. The van der Waals surface area contributed by atoms with Crippen molar-refractivity contribution in [2.75, 3.05) is 11.9 Å². The Bertz CT molecular complexity index is 548. The summed E-state index contributed by atoms with van der Waals surface area (Å²) in [4.78, 5) is 23.8. The van der Waals surface area contributed by atoms with Gasteiger partial charge in [0, 0.05) is 11.6 Å². The average molecular weight is 286 g/mol. The summed E-state index contributed by atoms with van der Waals surface area (Å²) in [5, 5.41) is 5.61. The minimum absolute atomic E-state index is 0.0246. The molecule has 0 heterocycles. The zero-order chi connectivity index (χ0) is 14.7. The van der Waals surface area contributed by atoms with Crippen molar-refractivity contribution < 1.29 is 9.59 Å². The summed E-state index contributed by atoms with van der Waals surface area (Å²) in [6.45, 7) is 0.0619. The average Bonchev–Trinajstić information content (AvgIpc) is 3.15. The van der Waals surface area contributed by atoms with Gasteiger partial charge in [-0.2, -0.15) is 0 Å². The highest BCUT2D eigenvalue weighted by Crippen LogP contribution is 2.25. The number of benzene rings is 1. The summed E-state index contributed by atoms with van der Waals surface area (Å²) in [6, 6.07) is 6.09. The van der Waals surface area contributed by atoms with Gasteiger partial charge < -0.3 is 10.6 Å². The molecule has 0 bridgehead atoms. The molecule has 4 nitrogen and oxygen atoms in total. The van der Waals surface area contributed by atoms with Crippen molar-refractivity contribution in [3.63, 3.8) is 0 Å². The number of nitrogens with one attached hydrogen (secondary N) is 2. The molecule has 0 unspecified atom stereocenters. The second-order valence-electron chi connectivity index (χ2n) is 6.08. The highest BCUT2D eigenvalue weighted by Gasteiger charge is 2.22. The Balaban J connectivity index is 1.48. The summed E-state index contributed by atoms with van der Waals surface area (Å²) in [5.41, 5.74) is 3.56. The largest absolute Gasteiger partial charge is 0.347 e. The van der Waals surface area contributed by atoms with Gasteiger partial charge in [-0.3, -0.25) is 9.59 Å². The molecular formula is C17H22N2O2. The SMILES string of the molecule is O=C(CNC(=O)C1CCCC1)Nc1ccc2c(c1)CCC2. The van der Waals surface area contributed by atoms with E-state index in [1.54, 1.807) is 0 Å². The lowest BCUT2D eigenvalue weighted by Gasteiger charge is -2.11. The van der Waals surface area contributed by atoms with Crippen molar-refractivity contribution >= 4 is 17.5 Å². The number of hydrogen-bond donors (Lipinski definition) is 2. The number of anilines is 1. The molecule has 112 valence electrons. The number of aryl methyl sites for hydroxylation is 2. The molecule has 0 atom stereocenters. The topological polar surface area (TPSA) is 58.2 Å². The van der Waals surface area contributed by atoms with Crippen LogP contribution in [0.25, 0.3) is 0 Å². The first kappa shape index (κ1) is 14.1. The van der Waals surface area contributed by atoms with E-state index in [0.717, 1.165) is 44.2 Å². The fraction of sp³-hybridized carbons (Fsp3) is 0.529. The van der Waals surface area contributed by atoms with Crippen LogP contribution in [0.1, 0.15) is 43.2 Å². The Morgan fingerprint density at radius 3 is 2.62 bits per heavy atom. The quantitative estimate of drug-likeness (QED) is 0.893. The third-order valence-electron chi connectivity index (χ3n) is 4.53. The number of rotatable bonds is 4. The van der Waals surface area contributed by atoms with Crippen LogP contribution in [0.15, 0.2) is 18.2 Å². The maximum atomic E-state index is 11.9. The molecule has 21 heavy (non-hydrogen) atoms. The zero-order valence-electron chi connectivity index (χ0n) is 12.3. The zero-order valence-corrected chi connectivity index (χ0v) is 12.3. The van der Waals surface area contributed by atoms with Crippen LogP contribution in [-0.4, -0.2) is 18.4 Å². The number of carbonyl (C=O) groups excluding carboxylic acids is 2. The Morgan fingerprint density at radius 1 is 1.05 bits per heavy atom. The van der Waals surface area contributed by atoms with Crippen LogP contribution in [0.5, 0.6) is 0 Å². The second kappa shape index (κ2) is 6.29. The summed E-state index contributed by atoms with van der Waals surface area (Å²) in [5.74, 6) is -0.0197. The summed E-state index contributed by atoms with van der Waals surface area (Å²) in [6.07, 6.45) is 7.60. The Labute approximate surface area is 125 Å². The van der Waals surface area contributed by atoms with Crippen LogP contribution in [0, 0.1) is 5.92 Å². The predicted molar refractivity (Wildman–Crippen MR) is 82.1 cm³/mol. The highest BCUT2D eigenvalue weighted by atomic mass is 16.2. The molecule has 1 aromatic carbocycles. The summed E-state index contributed by atoms with van der Waals surface area (Å²) in [7, 11) is 0. The molecule has 2 aliphatic rings. The van der Waals surface area contributed by atoms with E-state index in [-0.39, 0.29) is 24.3 Å². The Kier molecular flexibility index (Phi) is 4.23. The highest BCUT2D eigenvalue weighted by molar-refractivity contribution is 5.94. The summed E-state index contributed by atoms with van der Waals surface area (Å²) >= 11 is 0. The normalized spacial score (nSPS) is 17.5. The van der Waals surface area contributed by atoms with E-state index in [1.165, 1.54) is 17.5 Å². The molecule has 2 aliphatic carbocycles. The molecule has 0 radical (unpaired) electrons. The Morgan fingerprint density at radius 2 is 1.81 bits per heavy atom. The molecule has 2 N–H and O–H groups in total. The van der Waals surface area contributed by atoms with Gasteiger partial charge >= 0.3 is 0 Å². The Hall–Kier alpha value is -1.84. The molecule has 3 rings (SSSR count). The van der Waals surface area contributed by atoms with Gasteiger partial charge in [0.05, 0.1) is 6.54 Å². The maximum Gasteiger partial charge on any atom is 0.243 e. The molecule has 0 saturated heterocycles. The molecule has 1 aromatic rings. The second-order valence-corrected chi connectivity index (χ2v) is 6.08. The van der Waals surface area contributed by atoms with Crippen molar-refractivity contribution in [3.05, 3.63) is 29.3 Å². The van der Waals surface area contributed by atoms with Crippen molar-refractivity contribution in [1.29, 1.82) is 0 Å². The van der Waals surface area contributed by atoms with Gasteiger partial charge in [0.15, 0.2) is 0 Å². The first-order valence-corrected chi connectivity index (χ1v) is 7.92. The van der Waals surface area contributed by atoms with Gasteiger partial charge in [-0.05, 0) is 55.4 Å². The van der Waals surface area contributed by atoms with Crippen LogP contribution in [-0.2, 0) is 22.4 Å². The van der Waals surface area contributed by atoms with Gasteiger partial charge in [0.25, 0.3) is 0 Å². The van der Waals surface area contributed by atoms with Gasteiger partial charge in [-0.25, -0.2) is 0 Å². The van der Waals surface area contributed by atoms with Gasteiger partial charge in [0.1, 0.15) is 0 Å². The maximum absolute atomic E-state index is 11.9. The van der Waals surface area contributed by atoms with Crippen molar-refractivity contribution in [1.82, 2.24) is 5.32 Å². The van der Waals surface area contributed by atoms with E-state index in [9.17, 15) is 9.59 Å². The predicted octanol–water partition coefficient (Wildman–Crippen LogP) is 2.42. The lowest BCUT2D eigenvalue weighted by molar-refractivity contribution is -0.127. The summed E-state index contributed by atoms with van der Waals surface area (Å²) < 4.78 is 0. The third-order valence-corrected chi connectivity index (χ3v) is 4.53. The van der Waals surface area contributed by atoms with E-state index in [0.29, 0.717) is 0 Å². The van der Waals surface area contributed by atoms with Crippen LogP contribution < -0.4 is 10.6 Å². The smallest absolute Gasteiger partial charge is 0.243 e. The standard InChI is InChI=1S/C17H22N2O2/c20-16(11-18-17(21)13-4-1-2-5-13)19-15-9-8-12-6-3-7-14(12)10-15/h8-10,13H,1-7,11H2,(H,18,21)(H,19,20). The van der Waals surface area contributed by atoms with Crippen LogP contribution in [0.4, 0.5) is 5.69 Å². The number of carbonyl (C=O) groups is 2. The lowest BCUT2D eigenvalue weighted by Crippen LogP contribution is -2.36. The van der Waals surface area contributed by atoms with Crippen LogP contribution in [0.2, 0.25) is 0 Å². The van der Waals surface area contributed by atoms with Crippen LogP contribution in [0.3, 0.4) is 0 Å². The first-order valence-electron chi connectivity index (χ1n) is 7.92. The van der Waals surface area contributed by atoms with Gasteiger partial charge in [-0.1, -0.05) is 18.9 Å². The van der Waals surface area contributed by atoms with Gasteiger partial charge in [-0.15, -0.1) is 0 Å². The van der Waals surface area contributed by atoms with E-state index >= 15 is 0 Å². The van der Waals surface area contributed by atoms with Crippen molar-refractivity contribution in [3.8, 4) is 0 Å². The first-order chi connectivity index (χ1) is 10.2. The fourth-order valence-corrected chi connectivity index (χ4v) is 3.35. The number of fused-ring (bicyclic) bond motifs is 1. The van der Waals surface area contributed by atoms with E-state index in [1.807, 2.05) is 6.07 Å². The molecule has 1 saturated carbocycles. The lowest BCUT2D eigenvalue weighted by atomic mass is 10.1. The molecule has 2 amide bonds. The number of hydrogen-bond acceptors (Lipinski definition) is 2. The molecule has 1 fully saturated rings. The molecule has 4 heteroatoms. The molecule has 0 spiro atoms. The van der Waals surface area contributed by atoms with Gasteiger partial charge in [0.2, 0.25) is 11.8 Å². The molecule has 0 aliphatic heterocycles. The third kappa shape index (κ3) is 3.43. The number of amides is 2. The van der Waals surface area contributed by atoms with E-state index < -0.39 is 0 Å². The molecule has 0 aromatic heterocycles. The fourth-order valence-electron chi connectivity index (χ4n) is 3.35. The minimum atomic E-state index is -0.153.